The Hall–Kier alpha value is -0.130. The quantitative estimate of drug-likeness (QED) is 0.697. The topological polar surface area (TPSA) is 23.6 Å². The van der Waals surface area contributed by atoms with E-state index in [1.165, 1.54) is 0 Å². The fraction of sp³-hybridized carbons (Fsp3) is 0.800. The molecule has 1 fully saturated rings. The van der Waals surface area contributed by atoms with Crippen LogP contribution in [0.3, 0.4) is 0 Å². The number of hydrogen-bond acceptors (Lipinski definition) is 4. The number of piperazine rings is 1. The van der Waals surface area contributed by atoms with Gasteiger partial charge in [-0.25, -0.2) is 0 Å². The highest BCUT2D eigenvalue weighted by Gasteiger charge is 2.16. The van der Waals surface area contributed by atoms with E-state index < -0.39 is 0 Å². The van der Waals surface area contributed by atoms with Crippen molar-refractivity contribution < 1.29 is 4.79 Å². The van der Waals surface area contributed by atoms with Gasteiger partial charge in [-0.1, -0.05) is 24.0 Å². The van der Waals surface area contributed by atoms with E-state index in [2.05, 4.69) is 16.8 Å². The van der Waals surface area contributed by atoms with Crippen LogP contribution in [0.2, 0.25) is 0 Å². The van der Waals surface area contributed by atoms with Gasteiger partial charge in [0.25, 0.3) is 0 Å². The molecule has 0 amide bonds. The van der Waals surface area contributed by atoms with E-state index in [0.717, 1.165) is 36.3 Å². The summed E-state index contributed by atoms with van der Waals surface area (Å²) in [7, 11) is 2.13. The van der Waals surface area contributed by atoms with Gasteiger partial charge >= 0.3 is 0 Å². The van der Waals surface area contributed by atoms with Gasteiger partial charge < -0.3 is 9.80 Å². The van der Waals surface area contributed by atoms with Crippen molar-refractivity contribution in [1.82, 2.24) is 9.80 Å². The molecule has 0 aromatic carbocycles. The Kier molecular flexibility index (Phi) is 5.56. The smallest absolute Gasteiger partial charge is 0.136 e. The lowest BCUT2D eigenvalue weighted by Gasteiger charge is -2.33. The van der Waals surface area contributed by atoms with Crippen LogP contribution in [0.25, 0.3) is 0 Å². The lowest BCUT2D eigenvalue weighted by Crippen LogP contribution is -2.45. The van der Waals surface area contributed by atoms with Crippen molar-refractivity contribution in [2.75, 3.05) is 39.0 Å². The van der Waals surface area contributed by atoms with Crippen molar-refractivity contribution >= 4 is 34.1 Å². The first-order valence-electron chi connectivity index (χ1n) is 5.19. The molecule has 0 aromatic rings. The number of ketones is 1. The number of thiocarbonyl (C=S) groups is 1. The largest absolute Gasteiger partial charge is 0.355 e. The Morgan fingerprint density at radius 2 is 1.93 bits per heavy atom. The lowest BCUT2D eigenvalue weighted by atomic mass is 10.4. The first-order chi connectivity index (χ1) is 7.09. The van der Waals surface area contributed by atoms with E-state index in [9.17, 15) is 4.79 Å². The van der Waals surface area contributed by atoms with Gasteiger partial charge in [-0.3, -0.25) is 4.79 Å². The maximum Gasteiger partial charge on any atom is 0.136 e. The monoisotopic (exact) mass is 246 g/mol. The molecule has 0 N–H and O–H groups in total. The third kappa shape index (κ3) is 4.95. The van der Waals surface area contributed by atoms with Gasteiger partial charge in [0.05, 0.1) is 0 Å². The number of carbonyl (C=O) groups excluding carboxylic acids is 1. The fourth-order valence-corrected chi connectivity index (χ4v) is 2.72. The van der Waals surface area contributed by atoms with E-state index in [0.29, 0.717) is 6.42 Å². The van der Waals surface area contributed by atoms with Crippen LogP contribution < -0.4 is 0 Å². The predicted octanol–water partition coefficient (Wildman–Crippen LogP) is 1.23. The molecule has 15 heavy (non-hydrogen) atoms. The average molecular weight is 246 g/mol. The van der Waals surface area contributed by atoms with Crippen LogP contribution >= 0.6 is 24.0 Å². The van der Waals surface area contributed by atoms with Crippen molar-refractivity contribution in [2.24, 2.45) is 0 Å². The summed E-state index contributed by atoms with van der Waals surface area (Å²) in [5, 5.41) is 0. The summed E-state index contributed by atoms with van der Waals surface area (Å²) in [4.78, 5) is 15.3. The molecule has 1 aliphatic rings. The lowest BCUT2D eigenvalue weighted by molar-refractivity contribution is -0.116. The van der Waals surface area contributed by atoms with E-state index >= 15 is 0 Å². The predicted molar refractivity (Wildman–Crippen MR) is 69.4 cm³/mol. The van der Waals surface area contributed by atoms with E-state index in [4.69, 9.17) is 12.2 Å². The van der Waals surface area contributed by atoms with Crippen molar-refractivity contribution in [1.29, 1.82) is 0 Å². The van der Waals surface area contributed by atoms with Gasteiger partial charge in [0.1, 0.15) is 10.1 Å². The number of carbonyl (C=O) groups is 1. The summed E-state index contributed by atoms with van der Waals surface area (Å²) in [6.45, 7) is 5.81. The minimum atomic E-state index is 0.240. The zero-order chi connectivity index (χ0) is 11.3. The Bertz CT molecular complexity index is 238. The first kappa shape index (κ1) is 12.9. The Labute approximate surface area is 101 Å². The second-order valence-electron chi connectivity index (χ2n) is 3.86. The molecule has 0 unspecified atom stereocenters. The zero-order valence-electron chi connectivity index (χ0n) is 9.36. The first-order valence-corrected chi connectivity index (χ1v) is 6.58. The molecule has 0 aromatic heterocycles. The van der Waals surface area contributed by atoms with Crippen LogP contribution in [-0.2, 0) is 4.79 Å². The minimum absolute atomic E-state index is 0.240. The van der Waals surface area contributed by atoms with Crippen molar-refractivity contribution in [2.45, 2.75) is 13.3 Å². The highest BCUT2D eigenvalue weighted by atomic mass is 32.2. The van der Waals surface area contributed by atoms with Gasteiger partial charge in [0.2, 0.25) is 0 Å². The number of Topliss-reactive ketones (excluding diaryl/α,β-unsaturated/α-hetero) is 1. The maximum atomic E-state index is 10.8. The van der Waals surface area contributed by atoms with Crippen molar-refractivity contribution in [3.05, 3.63) is 0 Å². The van der Waals surface area contributed by atoms with E-state index in [1.54, 1.807) is 18.7 Å². The SMILES string of the molecule is CC(=O)CCSC(=S)N1CCN(C)CC1. The highest BCUT2D eigenvalue weighted by Crippen LogP contribution is 2.13. The molecular weight excluding hydrogens is 228 g/mol. The van der Waals surface area contributed by atoms with Gasteiger partial charge in [-0.2, -0.15) is 0 Å². The normalized spacial score (nSPS) is 17.9. The Morgan fingerprint density at radius 3 is 2.47 bits per heavy atom. The molecule has 1 heterocycles. The number of rotatable bonds is 3. The molecule has 0 spiro atoms. The zero-order valence-corrected chi connectivity index (χ0v) is 11.0. The summed E-state index contributed by atoms with van der Waals surface area (Å²) in [5.74, 6) is 1.06. The number of hydrogen-bond donors (Lipinski definition) is 0. The summed E-state index contributed by atoms with van der Waals surface area (Å²) in [6, 6.07) is 0. The van der Waals surface area contributed by atoms with Crippen LogP contribution in [0, 0.1) is 0 Å². The molecule has 0 bridgehead atoms. The maximum absolute atomic E-state index is 10.8. The van der Waals surface area contributed by atoms with Crippen LogP contribution in [0.5, 0.6) is 0 Å². The van der Waals surface area contributed by atoms with Crippen LogP contribution in [0.15, 0.2) is 0 Å². The average Bonchev–Trinajstić information content (AvgIpc) is 2.18. The second kappa shape index (κ2) is 6.45. The molecule has 1 rings (SSSR count). The van der Waals surface area contributed by atoms with Gasteiger partial charge in [-0.05, 0) is 14.0 Å². The summed E-state index contributed by atoms with van der Waals surface area (Å²) in [5.41, 5.74) is 0. The number of thioether (sulfide) groups is 1. The molecule has 5 heteroatoms. The third-order valence-corrected chi connectivity index (χ3v) is 3.97. The summed E-state index contributed by atoms with van der Waals surface area (Å²) < 4.78 is 0.948. The summed E-state index contributed by atoms with van der Waals surface area (Å²) >= 11 is 6.95. The van der Waals surface area contributed by atoms with Crippen molar-refractivity contribution in [3.8, 4) is 0 Å². The molecule has 0 aliphatic carbocycles. The molecule has 86 valence electrons. The van der Waals surface area contributed by atoms with Gasteiger partial charge in [-0.15, -0.1) is 0 Å². The van der Waals surface area contributed by atoms with Gasteiger partial charge in [0, 0.05) is 38.4 Å². The molecule has 0 radical (unpaired) electrons. The minimum Gasteiger partial charge on any atom is -0.355 e. The molecule has 1 aliphatic heterocycles. The number of likely N-dealkylation sites (N-methyl/N-ethyl adjacent to an activating group) is 1. The van der Waals surface area contributed by atoms with E-state index in [1.807, 2.05) is 0 Å². The highest BCUT2D eigenvalue weighted by molar-refractivity contribution is 8.22. The van der Waals surface area contributed by atoms with Crippen LogP contribution in [-0.4, -0.2) is 58.9 Å². The second-order valence-corrected chi connectivity index (χ2v) is 5.59. The standard InChI is InChI=1S/C10H18N2OS2/c1-9(13)3-8-15-10(14)12-6-4-11(2)5-7-12/h3-8H2,1-2H3. The Morgan fingerprint density at radius 1 is 1.33 bits per heavy atom. The molecule has 0 saturated carbocycles. The van der Waals surface area contributed by atoms with Crippen LogP contribution in [0.4, 0.5) is 0 Å². The fourth-order valence-electron chi connectivity index (χ4n) is 1.36. The molecule has 0 atom stereocenters. The molecular formula is C10H18N2OS2. The Balaban J connectivity index is 2.19. The van der Waals surface area contributed by atoms with E-state index in [-0.39, 0.29) is 5.78 Å². The van der Waals surface area contributed by atoms with Crippen LogP contribution in [0.1, 0.15) is 13.3 Å². The van der Waals surface area contributed by atoms with Gasteiger partial charge in [0.15, 0.2) is 0 Å². The third-order valence-electron chi connectivity index (χ3n) is 2.44. The molecule has 3 nitrogen and oxygen atoms in total. The van der Waals surface area contributed by atoms with Crippen molar-refractivity contribution in [3.63, 3.8) is 0 Å². The summed E-state index contributed by atoms with van der Waals surface area (Å²) in [6.07, 6.45) is 0.624. The number of nitrogens with zero attached hydrogens (tertiary/aromatic N) is 2. The molecule has 1 saturated heterocycles.